The van der Waals surface area contributed by atoms with Gasteiger partial charge in [-0.1, -0.05) is 0 Å². The zero-order valence-corrected chi connectivity index (χ0v) is 10.6. The molecule has 0 spiro atoms. The molecule has 1 heterocycles. The third-order valence-corrected chi connectivity index (χ3v) is 4.66. The van der Waals surface area contributed by atoms with Crippen LogP contribution >= 0.6 is 11.3 Å². The normalized spacial score (nSPS) is 20.4. The summed E-state index contributed by atoms with van der Waals surface area (Å²) in [6.45, 7) is 1.02. The molecule has 0 bridgehead atoms. The fraction of sp³-hybridized carbons (Fsp3) is 0.692. The molecule has 0 radical (unpaired) electrons. The molecular weight excluding hydrogens is 218 g/mol. The van der Waals surface area contributed by atoms with E-state index in [1.807, 2.05) is 0 Å². The lowest BCUT2D eigenvalue weighted by Gasteiger charge is -2.16. The summed E-state index contributed by atoms with van der Waals surface area (Å²) in [5.74, 6) is 1.96. The molecule has 3 rings (SSSR count). The van der Waals surface area contributed by atoms with E-state index in [0.717, 1.165) is 29.5 Å². The second kappa shape index (κ2) is 4.38. The first-order chi connectivity index (χ1) is 7.86. The van der Waals surface area contributed by atoms with E-state index in [9.17, 15) is 0 Å². The van der Waals surface area contributed by atoms with Crippen LogP contribution in [0.2, 0.25) is 0 Å². The summed E-state index contributed by atoms with van der Waals surface area (Å²) in [7, 11) is 1.74. The van der Waals surface area contributed by atoms with Gasteiger partial charge in [0.25, 0.3) is 0 Å². The van der Waals surface area contributed by atoms with E-state index in [1.54, 1.807) is 18.4 Å². The Morgan fingerprint density at radius 1 is 1.31 bits per heavy atom. The lowest BCUT2D eigenvalue weighted by atomic mass is 10.1. The van der Waals surface area contributed by atoms with Crippen molar-refractivity contribution >= 4 is 11.3 Å². The Hall–Kier alpha value is -0.540. The van der Waals surface area contributed by atoms with Gasteiger partial charge in [-0.2, -0.15) is 0 Å². The van der Waals surface area contributed by atoms with Gasteiger partial charge in [-0.3, -0.25) is 0 Å². The Bertz CT molecular complexity index is 343. The van der Waals surface area contributed by atoms with Crippen molar-refractivity contribution in [3.05, 3.63) is 17.0 Å². The maximum absolute atomic E-state index is 5.21. The van der Waals surface area contributed by atoms with Gasteiger partial charge >= 0.3 is 0 Å². The minimum atomic E-state index is 0.799. The quantitative estimate of drug-likeness (QED) is 0.821. The topological polar surface area (TPSA) is 21.3 Å². The highest BCUT2D eigenvalue weighted by atomic mass is 32.1. The van der Waals surface area contributed by atoms with E-state index < -0.39 is 0 Å². The van der Waals surface area contributed by atoms with Gasteiger partial charge < -0.3 is 10.1 Å². The first-order valence-corrected chi connectivity index (χ1v) is 7.04. The zero-order chi connectivity index (χ0) is 11.0. The van der Waals surface area contributed by atoms with Crippen LogP contribution in [-0.2, 0) is 6.54 Å². The lowest BCUT2D eigenvalue weighted by molar-refractivity contribution is 0.417. The number of methoxy groups -OCH3 is 1. The Morgan fingerprint density at radius 2 is 2.00 bits per heavy atom. The maximum Gasteiger partial charge on any atom is 0.173 e. The van der Waals surface area contributed by atoms with Gasteiger partial charge in [-0.15, -0.1) is 11.3 Å². The van der Waals surface area contributed by atoms with Crippen LogP contribution in [0.25, 0.3) is 0 Å². The number of rotatable bonds is 6. The fourth-order valence-electron chi connectivity index (χ4n) is 2.41. The molecule has 0 aromatic carbocycles. The van der Waals surface area contributed by atoms with Gasteiger partial charge in [0.05, 0.1) is 7.11 Å². The Labute approximate surface area is 101 Å². The van der Waals surface area contributed by atoms with Crippen molar-refractivity contribution in [2.75, 3.05) is 7.11 Å². The second-order valence-corrected chi connectivity index (χ2v) is 6.14. The van der Waals surface area contributed by atoms with Crippen molar-refractivity contribution in [2.45, 2.75) is 38.3 Å². The Kier molecular flexibility index (Phi) is 2.90. The van der Waals surface area contributed by atoms with Gasteiger partial charge in [-0.05, 0) is 49.7 Å². The van der Waals surface area contributed by atoms with Crippen molar-refractivity contribution in [2.24, 2.45) is 11.8 Å². The third kappa shape index (κ3) is 2.41. The summed E-state index contributed by atoms with van der Waals surface area (Å²) in [5, 5.41) is 4.77. The molecule has 1 aromatic rings. The van der Waals surface area contributed by atoms with Gasteiger partial charge in [-0.25, -0.2) is 0 Å². The molecule has 16 heavy (non-hydrogen) atoms. The molecule has 0 atom stereocenters. The highest BCUT2D eigenvalue weighted by molar-refractivity contribution is 7.13. The van der Waals surface area contributed by atoms with Crippen molar-refractivity contribution in [1.29, 1.82) is 0 Å². The summed E-state index contributed by atoms with van der Waals surface area (Å²) in [6.07, 6.45) is 5.79. The highest BCUT2D eigenvalue weighted by Gasteiger charge is 2.40. The van der Waals surface area contributed by atoms with Crippen molar-refractivity contribution in [3.8, 4) is 5.06 Å². The average molecular weight is 237 g/mol. The van der Waals surface area contributed by atoms with Crippen LogP contribution in [0.1, 0.15) is 30.6 Å². The molecule has 1 N–H and O–H groups in total. The van der Waals surface area contributed by atoms with Crippen molar-refractivity contribution < 1.29 is 4.74 Å². The predicted molar refractivity (Wildman–Crippen MR) is 66.9 cm³/mol. The van der Waals surface area contributed by atoms with Crippen LogP contribution in [-0.4, -0.2) is 13.2 Å². The largest absolute Gasteiger partial charge is 0.487 e. The van der Waals surface area contributed by atoms with E-state index in [1.165, 1.54) is 30.6 Å². The molecule has 2 nitrogen and oxygen atoms in total. The molecule has 2 aliphatic rings. The van der Waals surface area contributed by atoms with Crippen LogP contribution in [0.5, 0.6) is 5.06 Å². The summed E-state index contributed by atoms with van der Waals surface area (Å²) in [5.41, 5.74) is 0. The van der Waals surface area contributed by atoms with Crippen LogP contribution in [0.3, 0.4) is 0 Å². The second-order valence-electron chi connectivity index (χ2n) is 5.01. The summed E-state index contributed by atoms with van der Waals surface area (Å²) < 4.78 is 5.21. The maximum atomic E-state index is 5.21. The smallest absolute Gasteiger partial charge is 0.173 e. The Morgan fingerprint density at radius 3 is 2.50 bits per heavy atom. The number of ether oxygens (including phenoxy) is 1. The Balaban J connectivity index is 1.53. The first-order valence-electron chi connectivity index (χ1n) is 6.23. The fourth-order valence-corrected chi connectivity index (χ4v) is 3.18. The van der Waals surface area contributed by atoms with Gasteiger partial charge in [0.15, 0.2) is 5.06 Å². The number of hydrogen-bond donors (Lipinski definition) is 1. The molecule has 0 saturated heterocycles. The van der Waals surface area contributed by atoms with Gasteiger partial charge in [0, 0.05) is 17.5 Å². The first kappa shape index (κ1) is 10.6. The van der Waals surface area contributed by atoms with Crippen molar-refractivity contribution in [1.82, 2.24) is 5.32 Å². The number of hydrogen-bond acceptors (Lipinski definition) is 3. The molecule has 0 amide bonds. The molecule has 0 aliphatic heterocycles. The molecule has 2 fully saturated rings. The van der Waals surface area contributed by atoms with Gasteiger partial charge in [0.1, 0.15) is 0 Å². The van der Waals surface area contributed by atoms with Crippen LogP contribution < -0.4 is 10.1 Å². The molecule has 1 aromatic heterocycles. The summed E-state index contributed by atoms with van der Waals surface area (Å²) >= 11 is 1.75. The minimum absolute atomic E-state index is 0.799. The average Bonchev–Trinajstić information content (AvgIpc) is 3.20. The van der Waals surface area contributed by atoms with E-state index in [0.29, 0.717) is 0 Å². The minimum Gasteiger partial charge on any atom is -0.487 e. The molecule has 3 heteroatoms. The summed E-state index contributed by atoms with van der Waals surface area (Å²) in [4.78, 5) is 1.39. The summed E-state index contributed by atoms with van der Waals surface area (Å²) in [6, 6.07) is 5.03. The van der Waals surface area contributed by atoms with E-state index >= 15 is 0 Å². The van der Waals surface area contributed by atoms with E-state index in [2.05, 4.69) is 17.4 Å². The monoisotopic (exact) mass is 237 g/mol. The number of thiophene rings is 1. The third-order valence-electron chi connectivity index (χ3n) is 3.61. The van der Waals surface area contributed by atoms with Crippen LogP contribution in [0.15, 0.2) is 12.1 Å². The molecule has 2 aliphatic carbocycles. The molecular formula is C13H19NOS. The van der Waals surface area contributed by atoms with Gasteiger partial charge in [0.2, 0.25) is 0 Å². The molecule has 0 unspecified atom stereocenters. The predicted octanol–water partition coefficient (Wildman–Crippen LogP) is 3.03. The molecule has 88 valence electrons. The van der Waals surface area contributed by atoms with Crippen LogP contribution in [0.4, 0.5) is 0 Å². The van der Waals surface area contributed by atoms with Crippen molar-refractivity contribution in [3.63, 3.8) is 0 Å². The lowest BCUT2D eigenvalue weighted by Crippen LogP contribution is -2.32. The van der Waals surface area contributed by atoms with Crippen LogP contribution in [0, 0.1) is 11.8 Å². The highest BCUT2D eigenvalue weighted by Crippen LogP contribution is 2.44. The van der Waals surface area contributed by atoms with E-state index in [4.69, 9.17) is 4.74 Å². The molecule has 2 saturated carbocycles. The van der Waals surface area contributed by atoms with E-state index in [-0.39, 0.29) is 0 Å². The standard InChI is InChI=1S/C13H19NOS/c1-15-12-7-6-11(16-12)8-14-13(9-2-3-9)10-4-5-10/h6-7,9-10,13-14H,2-5,8H2,1H3. The zero-order valence-electron chi connectivity index (χ0n) is 9.74. The number of nitrogens with one attached hydrogen (secondary N) is 1. The SMILES string of the molecule is COc1ccc(CNC(C2CC2)C2CC2)s1.